The molecule has 11 rings (SSSR count). The Bertz CT molecular complexity index is 2990. The number of hydrogen-bond donors (Lipinski definition) is 0. The van der Waals surface area contributed by atoms with Crippen LogP contribution in [-0.2, 0) is 5.41 Å². The highest BCUT2D eigenvalue weighted by atomic mass is 15.2. The molecule has 0 bridgehead atoms. The van der Waals surface area contributed by atoms with Crippen LogP contribution < -0.4 is 9.80 Å². The minimum absolute atomic E-state index is 0.212. The number of benzene rings is 6. The van der Waals surface area contributed by atoms with Crippen molar-refractivity contribution in [3.63, 3.8) is 0 Å². The number of anilines is 6. The fourth-order valence-electron chi connectivity index (χ4n) is 9.07. The second kappa shape index (κ2) is 14.2. The molecule has 6 heteroatoms. The average Bonchev–Trinajstić information content (AvgIpc) is 3.65. The third-order valence-corrected chi connectivity index (χ3v) is 12.0. The Morgan fingerprint density at radius 2 is 0.833 bits per heavy atom. The summed E-state index contributed by atoms with van der Waals surface area (Å²) in [6, 6.07) is 65.1. The van der Waals surface area contributed by atoms with Crippen LogP contribution in [0.1, 0.15) is 25.0 Å². The van der Waals surface area contributed by atoms with Crippen LogP contribution in [0.5, 0.6) is 0 Å². The van der Waals surface area contributed by atoms with Gasteiger partial charge in [-0.2, -0.15) is 0 Å². The quantitative estimate of drug-likeness (QED) is 0.161. The van der Waals surface area contributed by atoms with E-state index in [0.29, 0.717) is 0 Å². The molecule has 10 aromatic rings. The summed E-state index contributed by atoms with van der Waals surface area (Å²) in [5.41, 5.74) is 14.3. The van der Waals surface area contributed by atoms with Crippen molar-refractivity contribution in [2.75, 3.05) is 9.80 Å². The molecule has 6 nitrogen and oxygen atoms in total. The molecule has 0 aliphatic carbocycles. The molecule has 4 aromatic heterocycles. The highest BCUT2D eigenvalue weighted by Crippen LogP contribution is 2.52. The maximum atomic E-state index is 5.67. The molecule has 1 aliphatic heterocycles. The van der Waals surface area contributed by atoms with E-state index in [1.54, 1.807) is 0 Å². The minimum atomic E-state index is -0.212. The molecule has 0 unspecified atom stereocenters. The number of hydrogen-bond acceptors (Lipinski definition) is 5. The lowest BCUT2D eigenvalue weighted by Crippen LogP contribution is -2.31. The monoisotopic (exact) mass is 772 g/mol. The third-order valence-electron chi connectivity index (χ3n) is 12.0. The maximum absolute atomic E-state index is 5.67. The van der Waals surface area contributed by atoms with Crippen molar-refractivity contribution in [3.05, 3.63) is 218 Å². The Kier molecular flexibility index (Phi) is 8.38. The molecule has 5 heterocycles. The number of para-hydroxylation sites is 4. The summed E-state index contributed by atoms with van der Waals surface area (Å²) in [6.07, 6.45) is 7.36. The van der Waals surface area contributed by atoms with Crippen LogP contribution in [-0.4, -0.2) is 19.5 Å². The summed E-state index contributed by atoms with van der Waals surface area (Å²) in [4.78, 5) is 18.9. The van der Waals surface area contributed by atoms with Crippen LogP contribution in [0, 0.1) is 0 Å². The van der Waals surface area contributed by atoms with Crippen molar-refractivity contribution >= 4 is 56.1 Å². The number of fused-ring (bicyclic) bond motifs is 5. The van der Waals surface area contributed by atoms with Gasteiger partial charge in [-0.1, -0.05) is 111 Å². The Balaban J connectivity index is 1.19. The first-order chi connectivity index (χ1) is 29.5. The van der Waals surface area contributed by atoms with Gasteiger partial charge in [-0.25, -0.2) is 4.98 Å². The first-order valence-corrected chi connectivity index (χ1v) is 20.3. The lowest BCUT2D eigenvalue weighted by atomic mass is 9.73. The predicted octanol–water partition coefficient (Wildman–Crippen LogP) is 13.9. The van der Waals surface area contributed by atoms with Crippen molar-refractivity contribution in [2.24, 2.45) is 0 Å². The Morgan fingerprint density at radius 1 is 0.417 bits per heavy atom. The zero-order valence-electron chi connectivity index (χ0n) is 33.3. The highest BCUT2D eigenvalue weighted by Gasteiger charge is 2.37. The van der Waals surface area contributed by atoms with Crippen molar-refractivity contribution in [2.45, 2.75) is 19.3 Å². The summed E-state index contributed by atoms with van der Waals surface area (Å²) < 4.78 is 2.32. The topological polar surface area (TPSA) is 50.1 Å². The Morgan fingerprint density at radius 3 is 1.33 bits per heavy atom. The van der Waals surface area contributed by atoms with E-state index in [0.717, 1.165) is 73.4 Å². The van der Waals surface area contributed by atoms with Crippen molar-refractivity contribution in [3.8, 4) is 28.1 Å². The van der Waals surface area contributed by atoms with E-state index in [2.05, 4.69) is 196 Å². The maximum Gasteiger partial charge on any atom is 0.142 e. The van der Waals surface area contributed by atoms with Gasteiger partial charge in [0.15, 0.2) is 0 Å². The van der Waals surface area contributed by atoms with Crippen molar-refractivity contribution < 1.29 is 0 Å². The van der Waals surface area contributed by atoms with Gasteiger partial charge in [0.25, 0.3) is 0 Å². The van der Waals surface area contributed by atoms with Gasteiger partial charge in [-0.05, 0) is 106 Å². The van der Waals surface area contributed by atoms with Crippen LogP contribution in [0.2, 0.25) is 0 Å². The van der Waals surface area contributed by atoms with E-state index in [1.807, 2.05) is 49.1 Å². The first kappa shape index (κ1) is 35.3. The average molecular weight is 773 g/mol. The SMILES string of the molecule is CC1(C)c2ccccc2N(c2cc(N(c3ccc(-c4ccncc4)cc3)c3ccc(-c4ccncc4)cc3)cc(-n3c4ccccc4c4ccccc43)n2)c2ccccc21. The molecule has 0 amide bonds. The largest absolute Gasteiger partial charge is 0.310 e. The molecule has 0 N–H and O–H groups in total. The van der Waals surface area contributed by atoms with Crippen molar-refractivity contribution in [1.82, 2.24) is 19.5 Å². The fourth-order valence-corrected chi connectivity index (χ4v) is 9.07. The molecule has 0 spiro atoms. The lowest BCUT2D eigenvalue weighted by Gasteiger charge is -2.41. The minimum Gasteiger partial charge on any atom is -0.310 e. The summed E-state index contributed by atoms with van der Waals surface area (Å²) in [6.45, 7) is 4.64. The number of rotatable bonds is 7. The Labute approximate surface area is 349 Å². The molecule has 286 valence electrons. The second-order valence-corrected chi connectivity index (χ2v) is 15.8. The van der Waals surface area contributed by atoms with Crippen LogP contribution in [0.4, 0.5) is 34.3 Å². The lowest BCUT2D eigenvalue weighted by molar-refractivity contribution is 0.631. The first-order valence-electron chi connectivity index (χ1n) is 20.3. The van der Waals surface area contributed by atoms with E-state index >= 15 is 0 Å². The standard InChI is InChI=1S/C54H40N6/c1-54(2)46-13-5-9-17-50(46)60(51-18-10-6-14-47(51)54)53-36-43(35-52(57-53)59-48-15-7-3-11-44(48)45-12-4-8-16-49(45)59)58(41-23-19-37(20-24-41)39-27-31-55-32-28-39)42-25-21-38(22-26-42)40-29-33-56-34-30-40/h3-36H,1-2H3. The summed E-state index contributed by atoms with van der Waals surface area (Å²) in [5, 5.41) is 2.38. The second-order valence-electron chi connectivity index (χ2n) is 15.8. The fraction of sp³-hybridized carbons (Fsp3) is 0.0556. The summed E-state index contributed by atoms with van der Waals surface area (Å²) >= 11 is 0. The normalized spacial score (nSPS) is 12.9. The van der Waals surface area contributed by atoms with Gasteiger partial charge < -0.3 is 4.90 Å². The van der Waals surface area contributed by atoms with Gasteiger partial charge in [0.1, 0.15) is 11.6 Å². The van der Waals surface area contributed by atoms with E-state index in [9.17, 15) is 0 Å². The molecule has 0 fully saturated rings. The van der Waals surface area contributed by atoms with Gasteiger partial charge in [-0.3, -0.25) is 19.4 Å². The molecule has 60 heavy (non-hydrogen) atoms. The van der Waals surface area contributed by atoms with E-state index in [4.69, 9.17) is 4.98 Å². The number of nitrogens with zero attached hydrogens (tertiary/aromatic N) is 6. The molecule has 0 atom stereocenters. The van der Waals surface area contributed by atoms with Crippen LogP contribution in [0.25, 0.3) is 49.9 Å². The smallest absolute Gasteiger partial charge is 0.142 e. The Hall–Kier alpha value is -7.83. The van der Waals surface area contributed by atoms with Crippen LogP contribution in [0.15, 0.2) is 207 Å². The van der Waals surface area contributed by atoms with Gasteiger partial charge >= 0.3 is 0 Å². The molecule has 6 aromatic carbocycles. The molecule has 0 saturated carbocycles. The molecule has 0 radical (unpaired) electrons. The van der Waals surface area contributed by atoms with Gasteiger partial charge in [0.2, 0.25) is 0 Å². The number of aromatic nitrogens is 4. The zero-order valence-corrected chi connectivity index (χ0v) is 33.3. The van der Waals surface area contributed by atoms with Gasteiger partial charge in [0.05, 0.1) is 28.1 Å². The number of pyridine rings is 3. The summed E-state index contributed by atoms with van der Waals surface area (Å²) in [5.74, 6) is 1.65. The predicted molar refractivity (Wildman–Crippen MR) is 247 cm³/mol. The van der Waals surface area contributed by atoms with Crippen LogP contribution in [0.3, 0.4) is 0 Å². The van der Waals surface area contributed by atoms with E-state index in [1.165, 1.54) is 21.9 Å². The van der Waals surface area contributed by atoms with Gasteiger partial charge in [-0.15, -0.1) is 0 Å². The van der Waals surface area contributed by atoms with Crippen molar-refractivity contribution in [1.29, 1.82) is 0 Å². The molecular formula is C54H40N6. The van der Waals surface area contributed by atoms with E-state index in [-0.39, 0.29) is 5.41 Å². The third kappa shape index (κ3) is 5.84. The van der Waals surface area contributed by atoms with Gasteiger partial charge in [0, 0.05) is 64.5 Å². The van der Waals surface area contributed by atoms with E-state index < -0.39 is 0 Å². The van der Waals surface area contributed by atoms with Crippen LogP contribution >= 0.6 is 0 Å². The molecule has 1 aliphatic rings. The molecular weight excluding hydrogens is 733 g/mol. The zero-order chi connectivity index (χ0) is 40.2. The molecule has 0 saturated heterocycles. The highest BCUT2D eigenvalue weighted by molar-refractivity contribution is 6.09. The summed E-state index contributed by atoms with van der Waals surface area (Å²) in [7, 11) is 0.